The summed E-state index contributed by atoms with van der Waals surface area (Å²) < 4.78 is 2.06. The molecule has 134 valence electrons. The summed E-state index contributed by atoms with van der Waals surface area (Å²) in [5.74, 6) is -0.358. The Labute approximate surface area is 160 Å². The maximum Gasteiger partial charge on any atom is 0.335 e. The van der Waals surface area contributed by atoms with Crippen LogP contribution < -0.4 is 0 Å². The molecule has 2 aromatic carbocycles. The highest BCUT2D eigenvalue weighted by Crippen LogP contribution is 2.26. The molecule has 0 atom stereocenters. The van der Waals surface area contributed by atoms with Crippen LogP contribution in [0.1, 0.15) is 21.5 Å². The van der Waals surface area contributed by atoms with Crippen LogP contribution in [0.3, 0.4) is 0 Å². The Morgan fingerprint density at radius 1 is 1.15 bits per heavy atom. The van der Waals surface area contributed by atoms with E-state index >= 15 is 0 Å². The number of aromatic carboxylic acids is 1. The first-order valence-corrected chi connectivity index (χ1v) is 8.81. The van der Waals surface area contributed by atoms with E-state index in [4.69, 9.17) is 16.6 Å². The van der Waals surface area contributed by atoms with E-state index in [0.29, 0.717) is 23.1 Å². The van der Waals surface area contributed by atoms with Gasteiger partial charge in [-0.15, -0.1) is 0 Å². The maximum absolute atomic E-state index is 11.3. The van der Waals surface area contributed by atoms with Crippen LogP contribution in [-0.4, -0.2) is 25.6 Å². The summed E-state index contributed by atoms with van der Waals surface area (Å²) in [5, 5.41) is 9.99. The number of halogens is 1. The minimum absolute atomic E-state index is 0.182. The van der Waals surface area contributed by atoms with Crippen LogP contribution in [0.5, 0.6) is 0 Å². The van der Waals surface area contributed by atoms with Crippen LogP contribution in [0.4, 0.5) is 0 Å². The number of nitrogens with zero attached hydrogens (tertiary/aromatic N) is 3. The lowest BCUT2D eigenvalue weighted by molar-refractivity contribution is 0.0697. The topological polar surface area (TPSA) is 68.0 Å². The molecule has 2 aromatic heterocycles. The van der Waals surface area contributed by atoms with Crippen molar-refractivity contribution in [3.63, 3.8) is 0 Å². The quantitative estimate of drug-likeness (QED) is 0.554. The number of pyridine rings is 1. The molecule has 2 heterocycles. The first-order valence-electron chi connectivity index (χ1n) is 8.43. The van der Waals surface area contributed by atoms with Gasteiger partial charge in [-0.2, -0.15) is 0 Å². The first kappa shape index (κ1) is 17.2. The Kier molecular flexibility index (Phi) is 4.38. The lowest BCUT2D eigenvalue weighted by Crippen LogP contribution is -2.05. The van der Waals surface area contributed by atoms with Crippen molar-refractivity contribution in [2.45, 2.75) is 13.5 Å². The monoisotopic (exact) mass is 377 g/mol. The second kappa shape index (κ2) is 6.85. The van der Waals surface area contributed by atoms with E-state index in [1.54, 1.807) is 6.07 Å². The van der Waals surface area contributed by atoms with Crippen molar-refractivity contribution in [1.29, 1.82) is 0 Å². The number of hydrogen-bond donors (Lipinski definition) is 1. The lowest BCUT2D eigenvalue weighted by Gasteiger charge is -2.12. The van der Waals surface area contributed by atoms with Crippen molar-refractivity contribution in [3.05, 3.63) is 82.5 Å². The molecule has 5 nitrogen and oxygen atoms in total. The second-order valence-corrected chi connectivity index (χ2v) is 6.75. The van der Waals surface area contributed by atoms with Gasteiger partial charge in [0.2, 0.25) is 0 Å². The number of fused-ring (bicyclic) bond motifs is 1. The molecule has 1 N–H and O–H groups in total. The molecule has 6 heteroatoms. The zero-order valence-electron chi connectivity index (χ0n) is 14.6. The average Bonchev–Trinajstić information content (AvgIpc) is 3.03. The standard InChI is InChI=1S/C21H16ClN3O2/c1-13-10-16(22)7-6-15(13)12-25-19-5-3-2-4-17(19)24-20(25)18-11-14(21(26)27)8-9-23-18/h2-11H,12H2,1H3,(H,26,27). The molecule has 0 aliphatic heterocycles. The van der Waals surface area contributed by atoms with Gasteiger partial charge in [0.15, 0.2) is 5.82 Å². The van der Waals surface area contributed by atoms with Crippen LogP contribution in [0.2, 0.25) is 5.02 Å². The maximum atomic E-state index is 11.3. The summed E-state index contributed by atoms with van der Waals surface area (Å²) >= 11 is 6.08. The predicted molar refractivity (Wildman–Crippen MR) is 105 cm³/mol. The van der Waals surface area contributed by atoms with Crippen molar-refractivity contribution in [2.75, 3.05) is 0 Å². The fourth-order valence-corrected chi connectivity index (χ4v) is 3.35. The van der Waals surface area contributed by atoms with Crippen molar-refractivity contribution in [3.8, 4) is 11.5 Å². The van der Waals surface area contributed by atoms with Gasteiger partial charge in [-0.05, 0) is 54.4 Å². The number of carboxylic acids is 1. The Bertz CT molecular complexity index is 1170. The van der Waals surface area contributed by atoms with Crippen LogP contribution in [0.15, 0.2) is 60.8 Å². The zero-order valence-corrected chi connectivity index (χ0v) is 15.3. The van der Waals surface area contributed by atoms with Gasteiger partial charge in [-0.3, -0.25) is 4.98 Å². The van der Waals surface area contributed by atoms with Crippen molar-refractivity contribution >= 4 is 28.6 Å². The van der Waals surface area contributed by atoms with E-state index in [-0.39, 0.29) is 5.56 Å². The van der Waals surface area contributed by atoms with E-state index < -0.39 is 5.97 Å². The molecule has 0 bridgehead atoms. The highest BCUT2D eigenvalue weighted by molar-refractivity contribution is 6.30. The number of aromatic nitrogens is 3. The summed E-state index contributed by atoms with van der Waals surface area (Å²) in [7, 11) is 0. The summed E-state index contributed by atoms with van der Waals surface area (Å²) in [6.45, 7) is 2.60. The Hall–Kier alpha value is -3.18. The van der Waals surface area contributed by atoms with Crippen LogP contribution in [0.25, 0.3) is 22.6 Å². The molecule has 0 saturated carbocycles. The average molecular weight is 378 g/mol. The highest BCUT2D eigenvalue weighted by Gasteiger charge is 2.16. The molecule has 4 rings (SSSR count). The Morgan fingerprint density at radius 3 is 2.74 bits per heavy atom. The van der Waals surface area contributed by atoms with Crippen molar-refractivity contribution < 1.29 is 9.90 Å². The fraction of sp³-hybridized carbons (Fsp3) is 0.0952. The van der Waals surface area contributed by atoms with Gasteiger partial charge in [-0.1, -0.05) is 29.8 Å². The van der Waals surface area contributed by atoms with Crippen LogP contribution >= 0.6 is 11.6 Å². The van der Waals surface area contributed by atoms with E-state index in [2.05, 4.69) is 9.55 Å². The summed E-state index contributed by atoms with van der Waals surface area (Å²) in [6, 6.07) is 16.6. The highest BCUT2D eigenvalue weighted by atomic mass is 35.5. The first-order chi connectivity index (χ1) is 13.0. The van der Waals surface area contributed by atoms with Crippen LogP contribution in [0, 0.1) is 6.92 Å². The number of rotatable bonds is 4. The third kappa shape index (κ3) is 3.29. The second-order valence-electron chi connectivity index (χ2n) is 6.32. The van der Waals surface area contributed by atoms with Gasteiger partial charge in [0.1, 0.15) is 5.69 Å². The van der Waals surface area contributed by atoms with Gasteiger partial charge in [0.05, 0.1) is 16.6 Å². The number of para-hydroxylation sites is 2. The molecule has 0 aliphatic carbocycles. The Morgan fingerprint density at radius 2 is 1.96 bits per heavy atom. The number of carbonyl (C=O) groups is 1. The summed E-state index contributed by atoms with van der Waals surface area (Å²) in [4.78, 5) is 20.4. The van der Waals surface area contributed by atoms with Gasteiger partial charge in [0.25, 0.3) is 0 Å². The van der Waals surface area contributed by atoms with E-state index in [1.807, 2.05) is 49.4 Å². The number of imidazole rings is 1. The molecule has 0 radical (unpaired) electrons. The molecule has 27 heavy (non-hydrogen) atoms. The van der Waals surface area contributed by atoms with E-state index in [1.165, 1.54) is 12.3 Å². The summed E-state index contributed by atoms with van der Waals surface area (Å²) in [5.41, 5.74) is 4.70. The largest absolute Gasteiger partial charge is 0.478 e. The van der Waals surface area contributed by atoms with E-state index in [9.17, 15) is 9.90 Å². The molecule has 0 fully saturated rings. The Balaban J connectivity index is 1.89. The molecule has 0 aliphatic rings. The SMILES string of the molecule is Cc1cc(Cl)ccc1Cn1c(-c2cc(C(=O)O)ccn2)nc2ccccc21. The molecular weight excluding hydrogens is 362 g/mol. The normalized spacial score (nSPS) is 11.0. The molecular formula is C21H16ClN3O2. The van der Waals surface area contributed by atoms with Gasteiger partial charge < -0.3 is 9.67 Å². The molecule has 0 unspecified atom stereocenters. The fourth-order valence-electron chi connectivity index (χ4n) is 3.12. The minimum atomic E-state index is -0.991. The van der Waals surface area contributed by atoms with Gasteiger partial charge >= 0.3 is 5.97 Å². The third-order valence-corrected chi connectivity index (χ3v) is 4.76. The van der Waals surface area contributed by atoms with E-state index in [0.717, 1.165) is 22.2 Å². The predicted octanol–water partition coefficient (Wildman–Crippen LogP) is 4.81. The third-order valence-electron chi connectivity index (χ3n) is 4.52. The molecule has 0 amide bonds. The number of hydrogen-bond acceptors (Lipinski definition) is 3. The lowest BCUT2D eigenvalue weighted by atomic mass is 10.1. The molecule has 4 aromatic rings. The smallest absolute Gasteiger partial charge is 0.335 e. The minimum Gasteiger partial charge on any atom is -0.478 e. The zero-order chi connectivity index (χ0) is 19.0. The van der Waals surface area contributed by atoms with Crippen molar-refractivity contribution in [2.24, 2.45) is 0 Å². The molecule has 0 spiro atoms. The number of aryl methyl sites for hydroxylation is 1. The number of benzene rings is 2. The summed E-state index contributed by atoms with van der Waals surface area (Å²) in [6.07, 6.45) is 1.50. The number of carboxylic acid groups (broad SMARTS) is 1. The van der Waals surface area contributed by atoms with Gasteiger partial charge in [0, 0.05) is 17.8 Å². The van der Waals surface area contributed by atoms with Crippen molar-refractivity contribution in [1.82, 2.24) is 14.5 Å². The van der Waals surface area contributed by atoms with Crippen LogP contribution in [-0.2, 0) is 6.54 Å². The molecule has 0 saturated heterocycles. The van der Waals surface area contributed by atoms with Gasteiger partial charge in [-0.25, -0.2) is 9.78 Å².